The highest BCUT2D eigenvalue weighted by molar-refractivity contribution is 6.31. The van der Waals surface area contributed by atoms with Crippen LogP contribution >= 0.6 is 11.6 Å². The highest BCUT2D eigenvalue weighted by Crippen LogP contribution is 2.44. The summed E-state index contributed by atoms with van der Waals surface area (Å²) in [6, 6.07) is 4.42. The van der Waals surface area contributed by atoms with Crippen molar-refractivity contribution in [2.75, 3.05) is 47.1 Å². The molecule has 4 heterocycles. The molecule has 5 atom stereocenters. The van der Waals surface area contributed by atoms with Gasteiger partial charge in [0.05, 0.1) is 36.3 Å². The van der Waals surface area contributed by atoms with Crippen molar-refractivity contribution in [1.29, 1.82) is 5.26 Å². The summed E-state index contributed by atoms with van der Waals surface area (Å²) in [4.78, 5) is 13.5. The van der Waals surface area contributed by atoms with Crippen molar-refractivity contribution in [2.45, 2.75) is 50.4 Å². The third-order valence-electron chi connectivity index (χ3n) is 7.97. The molecule has 0 unspecified atom stereocenters. The molecule has 0 saturated carbocycles. The normalized spacial score (nSPS) is 29.1. The summed E-state index contributed by atoms with van der Waals surface area (Å²) in [5.74, 6) is 0.577. The molecule has 0 aromatic carbocycles. The molecule has 0 bridgehead atoms. The highest BCUT2D eigenvalue weighted by atomic mass is 35.5. The predicted molar refractivity (Wildman–Crippen MR) is 142 cm³/mol. The van der Waals surface area contributed by atoms with Gasteiger partial charge in [-0.25, -0.2) is 15.0 Å². The Morgan fingerprint density at radius 1 is 1.13 bits per heavy atom. The molecule has 38 heavy (non-hydrogen) atoms. The number of rotatable bonds is 11. The van der Waals surface area contributed by atoms with Crippen molar-refractivity contribution >= 4 is 11.6 Å². The Labute approximate surface area is 229 Å². The van der Waals surface area contributed by atoms with E-state index in [0.29, 0.717) is 37.1 Å². The summed E-state index contributed by atoms with van der Waals surface area (Å²) in [6.07, 6.45) is 6.84. The molecule has 10 nitrogen and oxygen atoms in total. The van der Waals surface area contributed by atoms with Crippen LogP contribution in [0.4, 0.5) is 0 Å². The number of aromatic nitrogens is 3. The molecular weight excluding hydrogens is 508 g/mol. The molecule has 2 aliphatic rings. The van der Waals surface area contributed by atoms with Crippen molar-refractivity contribution in [2.24, 2.45) is 11.8 Å². The van der Waals surface area contributed by atoms with Gasteiger partial charge in [-0.2, -0.15) is 5.26 Å². The third-order valence-corrected chi connectivity index (χ3v) is 8.27. The molecule has 11 heteroatoms. The van der Waals surface area contributed by atoms with Crippen LogP contribution in [0.1, 0.15) is 44.2 Å². The van der Waals surface area contributed by atoms with E-state index in [4.69, 9.17) is 30.5 Å². The Morgan fingerprint density at radius 3 is 2.61 bits per heavy atom. The quantitative estimate of drug-likeness (QED) is 0.407. The molecule has 2 saturated heterocycles. The number of ether oxygens (including phenoxy) is 4. The molecule has 0 amide bonds. The van der Waals surface area contributed by atoms with Crippen LogP contribution in [0, 0.1) is 23.2 Å². The summed E-state index contributed by atoms with van der Waals surface area (Å²) in [6.45, 7) is 7.62. The number of methoxy groups -OCH3 is 2. The SMILES string of the molecule is COCCCO[C@H]1CN[C@](CC#N)(c2cnc(O[C@]3(c4cc(OC)ncc4Cl)CCNC[C@H]3C)nc2)[C@@H]1C. The predicted octanol–water partition coefficient (Wildman–Crippen LogP) is 3.21. The van der Waals surface area contributed by atoms with Gasteiger partial charge in [-0.1, -0.05) is 25.4 Å². The molecule has 0 spiro atoms. The molecule has 206 valence electrons. The fourth-order valence-corrected chi connectivity index (χ4v) is 5.89. The summed E-state index contributed by atoms with van der Waals surface area (Å²) in [5.41, 5.74) is 0.261. The first-order valence-electron chi connectivity index (χ1n) is 13.0. The van der Waals surface area contributed by atoms with Crippen molar-refractivity contribution in [3.63, 3.8) is 0 Å². The first-order valence-corrected chi connectivity index (χ1v) is 13.4. The fraction of sp³-hybridized carbons (Fsp3) is 0.630. The number of hydrogen-bond acceptors (Lipinski definition) is 10. The zero-order chi connectivity index (χ0) is 27.2. The third kappa shape index (κ3) is 5.58. The van der Waals surface area contributed by atoms with Crippen molar-refractivity contribution in [3.8, 4) is 18.0 Å². The lowest BCUT2D eigenvalue weighted by Gasteiger charge is -2.43. The summed E-state index contributed by atoms with van der Waals surface area (Å²) in [7, 11) is 3.26. The molecule has 2 aromatic rings. The van der Waals surface area contributed by atoms with Gasteiger partial charge in [0, 0.05) is 87.5 Å². The van der Waals surface area contributed by atoms with Crippen LogP contribution in [0.5, 0.6) is 11.9 Å². The smallest absolute Gasteiger partial charge is 0.317 e. The highest BCUT2D eigenvalue weighted by Gasteiger charge is 2.48. The van der Waals surface area contributed by atoms with Crippen molar-refractivity contribution < 1.29 is 18.9 Å². The van der Waals surface area contributed by atoms with Crippen LogP contribution in [0.2, 0.25) is 5.02 Å². The second-order valence-electron chi connectivity index (χ2n) is 10.0. The number of pyridine rings is 1. The lowest BCUT2D eigenvalue weighted by atomic mass is 9.77. The van der Waals surface area contributed by atoms with E-state index in [-0.39, 0.29) is 30.4 Å². The summed E-state index contributed by atoms with van der Waals surface area (Å²) >= 11 is 6.64. The van der Waals surface area contributed by atoms with Gasteiger partial charge in [0.1, 0.15) is 5.60 Å². The Morgan fingerprint density at radius 2 is 1.92 bits per heavy atom. The molecule has 0 radical (unpaired) electrons. The van der Waals surface area contributed by atoms with E-state index >= 15 is 0 Å². The second-order valence-corrected chi connectivity index (χ2v) is 10.4. The Bertz CT molecular complexity index is 1120. The zero-order valence-corrected chi connectivity index (χ0v) is 23.3. The van der Waals surface area contributed by atoms with E-state index in [9.17, 15) is 5.26 Å². The molecular formula is C27H37ClN6O4. The van der Waals surface area contributed by atoms with Crippen molar-refractivity contribution in [1.82, 2.24) is 25.6 Å². The average Bonchev–Trinajstić information content (AvgIpc) is 3.24. The van der Waals surface area contributed by atoms with E-state index < -0.39 is 11.1 Å². The molecule has 2 N–H and O–H groups in total. The fourth-order valence-electron chi connectivity index (χ4n) is 5.62. The lowest BCUT2D eigenvalue weighted by molar-refractivity contribution is -0.0216. The first-order chi connectivity index (χ1) is 18.4. The molecule has 2 fully saturated rings. The molecule has 4 rings (SSSR count). The standard InChI is InChI=1S/C27H37ClN6O4/c1-18-13-30-9-7-27(18,21-12-24(36-4)31-16-22(21)28)38-25-32-14-20(15-33-25)26(6-8-29)19(2)23(17-34-26)37-11-5-10-35-3/h12,14-16,18-19,23,30,34H,5-7,9-11,13,17H2,1-4H3/t18-,19-,23+,26+,27-/m1/s1. The van der Waals surface area contributed by atoms with Crippen LogP contribution in [0.25, 0.3) is 0 Å². The van der Waals surface area contributed by atoms with Crippen LogP contribution in [0.3, 0.4) is 0 Å². The Balaban J connectivity index is 1.59. The van der Waals surface area contributed by atoms with Crippen molar-refractivity contribution in [3.05, 3.63) is 40.8 Å². The maximum atomic E-state index is 9.69. The lowest BCUT2D eigenvalue weighted by Crippen LogP contribution is -2.51. The van der Waals surface area contributed by atoms with Gasteiger partial charge in [0.2, 0.25) is 5.88 Å². The van der Waals surface area contributed by atoms with E-state index in [0.717, 1.165) is 30.6 Å². The summed E-state index contributed by atoms with van der Waals surface area (Å²) in [5, 5.41) is 17.2. The van der Waals surface area contributed by atoms with Crippen LogP contribution in [0.15, 0.2) is 24.7 Å². The number of nitrogens with one attached hydrogen (secondary N) is 2. The van der Waals surface area contributed by atoms with Crippen LogP contribution < -0.4 is 20.1 Å². The van der Waals surface area contributed by atoms with E-state index in [2.05, 4.69) is 45.5 Å². The Kier molecular flexibility index (Phi) is 9.39. The number of piperidine rings is 1. The largest absolute Gasteiger partial charge is 0.481 e. The monoisotopic (exact) mass is 544 g/mol. The van der Waals surface area contributed by atoms with Gasteiger partial charge < -0.3 is 29.6 Å². The minimum Gasteiger partial charge on any atom is -0.481 e. The topological polar surface area (TPSA) is 123 Å². The van der Waals surface area contributed by atoms with E-state index in [1.165, 1.54) is 0 Å². The van der Waals surface area contributed by atoms with Gasteiger partial charge in [0.25, 0.3) is 0 Å². The van der Waals surface area contributed by atoms with Gasteiger partial charge in [-0.15, -0.1) is 0 Å². The van der Waals surface area contributed by atoms with Gasteiger partial charge in [-0.05, 0) is 13.0 Å². The van der Waals surface area contributed by atoms with E-state index in [1.807, 2.05) is 6.07 Å². The number of nitrogens with zero attached hydrogens (tertiary/aromatic N) is 4. The maximum absolute atomic E-state index is 9.69. The molecule has 0 aliphatic carbocycles. The van der Waals surface area contributed by atoms with Crippen LogP contribution in [-0.2, 0) is 20.6 Å². The number of nitriles is 1. The average molecular weight is 545 g/mol. The Hall–Kier alpha value is -2.55. The second kappa shape index (κ2) is 12.5. The maximum Gasteiger partial charge on any atom is 0.317 e. The number of hydrogen-bond donors (Lipinski definition) is 2. The van der Waals surface area contributed by atoms with Gasteiger partial charge >= 0.3 is 6.01 Å². The summed E-state index contributed by atoms with van der Waals surface area (Å²) < 4.78 is 23.2. The zero-order valence-electron chi connectivity index (χ0n) is 22.5. The van der Waals surface area contributed by atoms with E-state index in [1.54, 1.807) is 32.8 Å². The first kappa shape index (κ1) is 28.5. The van der Waals surface area contributed by atoms with Crippen LogP contribution in [-0.4, -0.2) is 68.1 Å². The van der Waals surface area contributed by atoms with Gasteiger partial charge in [-0.3, -0.25) is 0 Å². The minimum absolute atomic E-state index is 0.0289. The number of halogens is 1. The molecule has 2 aliphatic heterocycles. The molecule has 2 aromatic heterocycles. The minimum atomic E-state index is -0.759. The van der Waals surface area contributed by atoms with Gasteiger partial charge in [0.15, 0.2) is 0 Å².